The Kier molecular flexibility index (Phi) is 11.3. The third kappa shape index (κ3) is 8.80. The first-order valence-corrected chi connectivity index (χ1v) is 23.4. The van der Waals surface area contributed by atoms with E-state index in [2.05, 4.69) is 221 Å². The summed E-state index contributed by atoms with van der Waals surface area (Å²) in [5.74, 6) is 2.29. The molecule has 0 radical (unpaired) electrons. The molecule has 0 saturated carbocycles. The Morgan fingerprint density at radius 2 is 0.836 bits per heavy atom. The number of benzene rings is 4. The fourth-order valence-corrected chi connectivity index (χ4v) is 16.4. The molecule has 294 valence electrons. The van der Waals surface area contributed by atoms with E-state index >= 15 is 4.57 Å². The van der Waals surface area contributed by atoms with Crippen LogP contribution in [0.25, 0.3) is 11.4 Å². The maximum Gasteiger partial charge on any atom is 0.166 e. The molecular weight excluding hydrogens is 703 g/mol. The van der Waals surface area contributed by atoms with Crippen LogP contribution in [-0.4, -0.2) is 0 Å². The summed E-state index contributed by atoms with van der Waals surface area (Å²) in [6, 6.07) is 31.3. The molecule has 2 atom stereocenters. The molecule has 2 unspecified atom stereocenters. The summed E-state index contributed by atoms with van der Waals surface area (Å²) in [6.07, 6.45) is 2.34. The van der Waals surface area contributed by atoms with Crippen molar-refractivity contribution in [2.75, 3.05) is 0 Å². The van der Waals surface area contributed by atoms with Gasteiger partial charge < -0.3 is 4.57 Å². The zero-order valence-corrected chi connectivity index (χ0v) is 39.3. The molecule has 0 aromatic heterocycles. The molecule has 1 aliphatic heterocycles. The molecule has 4 aromatic rings. The Hall–Kier alpha value is -2.98. The smallest absolute Gasteiger partial charge is 0.166 e. The van der Waals surface area contributed by atoms with Crippen molar-refractivity contribution in [1.29, 1.82) is 0 Å². The summed E-state index contributed by atoms with van der Waals surface area (Å²) in [7, 11) is -4.71. The molecule has 4 aromatic carbocycles. The number of hydrogen-bond acceptors (Lipinski definition) is 1. The van der Waals surface area contributed by atoms with Crippen molar-refractivity contribution in [3.05, 3.63) is 140 Å². The molecule has 1 heterocycles. The molecule has 0 amide bonds. The minimum atomic E-state index is -3.44. The van der Waals surface area contributed by atoms with E-state index in [4.69, 9.17) is 0 Å². The third-order valence-electron chi connectivity index (χ3n) is 11.0. The van der Waals surface area contributed by atoms with Crippen LogP contribution in [0.2, 0.25) is 0 Å². The van der Waals surface area contributed by atoms with Crippen molar-refractivity contribution in [3.8, 4) is 0 Å². The van der Waals surface area contributed by atoms with Crippen LogP contribution in [-0.2, 0) is 37.1 Å². The molecule has 3 heteroatoms. The molecule has 5 rings (SSSR count). The van der Waals surface area contributed by atoms with Gasteiger partial charge in [-0.2, -0.15) is 0 Å². The maximum atomic E-state index is 17.4. The lowest BCUT2D eigenvalue weighted by molar-refractivity contribution is 0.550. The molecule has 0 fully saturated rings. The second-order valence-corrected chi connectivity index (χ2v) is 27.1. The van der Waals surface area contributed by atoms with Crippen molar-refractivity contribution in [3.63, 3.8) is 0 Å². The van der Waals surface area contributed by atoms with E-state index in [-0.39, 0.29) is 32.5 Å². The molecule has 0 aliphatic carbocycles. The van der Waals surface area contributed by atoms with Crippen LogP contribution in [0.5, 0.6) is 0 Å². The Bertz CT molecular complexity index is 2090. The molecular formula is C52H70OP2. The van der Waals surface area contributed by atoms with Gasteiger partial charge in [-0.3, -0.25) is 0 Å². The highest BCUT2D eigenvalue weighted by atomic mass is 31.2. The van der Waals surface area contributed by atoms with Gasteiger partial charge in [-0.1, -0.05) is 210 Å². The fraction of sp³-hybridized carbons (Fsp3) is 0.462. The number of rotatable bonds is 4. The van der Waals surface area contributed by atoms with E-state index in [9.17, 15) is 0 Å². The Morgan fingerprint density at radius 3 is 1.20 bits per heavy atom. The van der Waals surface area contributed by atoms with Crippen LogP contribution in [0.1, 0.15) is 169 Å². The SMILES string of the molecule is CC(C)(C)c1cc(C(C)(C)C)c(P2C(c3ccccc3)=CP(=O)(c3c(C(C)(C)C)cc(C(C)(C)C)cc3C(C)(C)C)/C2=C\c2ccccc2)c(C(C)(C)C)c1. The summed E-state index contributed by atoms with van der Waals surface area (Å²) in [6.45, 7) is 41.9. The Labute approximate surface area is 337 Å². The first kappa shape index (κ1) is 43.1. The van der Waals surface area contributed by atoms with Gasteiger partial charge in [0.1, 0.15) is 0 Å². The van der Waals surface area contributed by atoms with Crippen LogP contribution in [0, 0.1) is 0 Å². The van der Waals surface area contributed by atoms with Gasteiger partial charge in [0.15, 0.2) is 7.14 Å². The standard InChI is InChI=1S/C52H70OP2/c1-47(2,3)37-30-39(49(7,8)9)45(40(31-37)50(10,11)12)54-43(36-27-23-20-24-28-36)34-55(53,44(54)29-35-25-21-19-22-26-35)46-41(51(13,14)15)32-38(48(4,5)6)33-42(46)52(16,17)18/h19-34H,1-18H3/b44-29-. The molecule has 0 N–H and O–H groups in total. The van der Waals surface area contributed by atoms with Crippen LogP contribution >= 0.6 is 15.1 Å². The lowest BCUT2D eigenvalue weighted by atomic mass is 9.75. The highest BCUT2D eigenvalue weighted by molar-refractivity contribution is 8.01. The zero-order valence-electron chi connectivity index (χ0n) is 37.5. The van der Waals surface area contributed by atoms with Crippen LogP contribution in [0.4, 0.5) is 0 Å². The van der Waals surface area contributed by atoms with Crippen molar-refractivity contribution < 1.29 is 4.57 Å². The van der Waals surface area contributed by atoms with Gasteiger partial charge in [-0.25, -0.2) is 0 Å². The van der Waals surface area contributed by atoms with Gasteiger partial charge in [0, 0.05) is 10.4 Å². The van der Waals surface area contributed by atoms with E-state index < -0.39 is 15.1 Å². The largest absolute Gasteiger partial charge is 0.309 e. The summed E-state index contributed by atoms with van der Waals surface area (Å²) >= 11 is 0. The molecule has 0 bridgehead atoms. The Balaban J connectivity index is 2.11. The molecule has 0 saturated heterocycles. The lowest BCUT2D eigenvalue weighted by Gasteiger charge is -2.38. The van der Waals surface area contributed by atoms with E-state index in [0.29, 0.717) is 0 Å². The minimum absolute atomic E-state index is 0.0322. The van der Waals surface area contributed by atoms with Crippen LogP contribution in [0.15, 0.2) is 95.8 Å². The van der Waals surface area contributed by atoms with Gasteiger partial charge in [0.05, 0.1) is 0 Å². The molecule has 1 nitrogen and oxygen atoms in total. The summed E-state index contributed by atoms with van der Waals surface area (Å²) in [4.78, 5) is 0. The zero-order chi connectivity index (χ0) is 41.3. The monoisotopic (exact) mass is 772 g/mol. The van der Waals surface area contributed by atoms with Crippen molar-refractivity contribution in [2.24, 2.45) is 0 Å². The predicted octanol–water partition coefficient (Wildman–Crippen LogP) is 15.3. The van der Waals surface area contributed by atoms with Crippen molar-refractivity contribution >= 4 is 37.1 Å². The lowest BCUT2D eigenvalue weighted by Crippen LogP contribution is -2.33. The summed E-state index contributed by atoms with van der Waals surface area (Å²) < 4.78 is 17.4. The summed E-state index contributed by atoms with van der Waals surface area (Å²) in [5.41, 5.74) is 9.09. The van der Waals surface area contributed by atoms with Gasteiger partial charge in [-0.15, -0.1) is 0 Å². The molecule has 0 spiro atoms. The maximum absolute atomic E-state index is 17.4. The molecule has 55 heavy (non-hydrogen) atoms. The van der Waals surface area contributed by atoms with E-state index in [1.54, 1.807) is 0 Å². The van der Waals surface area contributed by atoms with Gasteiger partial charge in [0.2, 0.25) is 0 Å². The normalized spacial score (nSPS) is 19.6. The molecule has 1 aliphatic rings. The second kappa shape index (κ2) is 14.4. The average molecular weight is 773 g/mol. The highest BCUT2D eigenvalue weighted by Gasteiger charge is 2.49. The first-order valence-electron chi connectivity index (χ1n) is 20.3. The van der Waals surface area contributed by atoms with Crippen molar-refractivity contribution in [2.45, 2.75) is 157 Å². The van der Waals surface area contributed by atoms with Crippen LogP contribution in [0.3, 0.4) is 0 Å². The van der Waals surface area contributed by atoms with E-state index in [1.165, 1.54) is 44.0 Å². The van der Waals surface area contributed by atoms with Crippen LogP contribution < -0.4 is 10.6 Å². The number of hydrogen-bond donors (Lipinski definition) is 0. The van der Waals surface area contributed by atoms with Gasteiger partial charge in [-0.05, 0) is 107 Å². The van der Waals surface area contributed by atoms with Crippen molar-refractivity contribution in [1.82, 2.24) is 0 Å². The first-order chi connectivity index (χ1) is 25.0. The summed E-state index contributed by atoms with van der Waals surface area (Å²) in [5, 5.41) is 4.70. The predicted molar refractivity (Wildman–Crippen MR) is 248 cm³/mol. The van der Waals surface area contributed by atoms with E-state index in [0.717, 1.165) is 21.5 Å². The highest BCUT2D eigenvalue weighted by Crippen LogP contribution is 2.81. The topological polar surface area (TPSA) is 17.1 Å². The quantitative estimate of drug-likeness (QED) is 0.189. The minimum Gasteiger partial charge on any atom is -0.309 e. The third-order valence-corrected chi connectivity index (χ3v) is 17.7. The van der Waals surface area contributed by atoms with E-state index in [1.807, 2.05) is 0 Å². The van der Waals surface area contributed by atoms with Gasteiger partial charge in [0.25, 0.3) is 0 Å². The fourth-order valence-electron chi connectivity index (χ4n) is 7.67. The Morgan fingerprint density at radius 1 is 0.473 bits per heavy atom. The average Bonchev–Trinajstić information content (AvgIpc) is 3.34. The van der Waals surface area contributed by atoms with Gasteiger partial charge >= 0.3 is 0 Å². The second-order valence-electron chi connectivity index (χ2n) is 22.1.